The number of carbonyl (C=O) groups excluding carboxylic acids is 2. The van der Waals surface area contributed by atoms with E-state index in [-0.39, 0.29) is 35.6 Å². The van der Waals surface area contributed by atoms with Crippen LogP contribution < -0.4 is 4.74 Å². The summed E-state index contributed by atoms with van der Waals surface area (Å²) in [7, 11) is 0. The lowest BCUT2D eigenvalue weighted by atomic mass is 10.0. The Morgan fingerprint density at radius 1 is 0.957 bits per heavy atom. The zero-order valence-corrected chi connectivity index (χ0v) is 26.8. The highest BCUT2D eigenvalue weighted by atomic mass is 16.5. The number of amides is 2. The lowest BCUT2D eigenvalue weighted by Crippen LogP contribution is -2.37. The topological polar surface area (TPSA) is 133 Å². The van der Waals surface area contributed by atoms with Crippen LogP contribution in [0.4, 0.5) is 0 Å². The highest BCUT2D eigenvalue weighted by molar-refractivity contribution is 6.00. The lowest BCUT2D eigenvalue weighted by Gasteiger charge is -2.25. The van der Waals surface area contributed by atoms with Crippen LogP contribution in [-0.2, 0) is 20.9 Å². The molecule has 2 atom stereocenters. The largest absolute Gasteiger partial charge is 0.457 e. The minimum atomic E-state index is -0.240. The second-order valence-electron chi connectivity index (χ2n) is 13.2. The molecule has 1 unspecified atom stereocenters. The fourth-order valence-corrected chi connectivity index (χ4v) is 6.15. The van der Waals surface area contributed by atoms with E-state index in [1.807, 2.05) is 52.3 Å². The third-order valence-corrected chi connectivity index (χ3v) is 9.00. The molecule has 1 aromatic heterocycles. The maximum atomic E-state index is 12.6. The van der Waals surface area contributed by atoms with Crippen LogP contribution in [0.2, 0.25) is 0 Å². The third-order valence-electron chi connectivity index (χ3n) is 9.00. The van der Waals surface area contributed by atoms with Crippen molar-refractivity contribution in [2.24, 2.45) is 11.8 Å². The smallest absolute Gasteiger partial charge is 0.223 e. The second-order valence-corrected chi connectivity index (χ2v) is 13.2. The number of carbonyl (C=O) groups is 2. The molecule has 6 rings (SSSR count). The quantitative estimate of drug-likeness (QED) is 0.206. The van der Waals surface area contributed by atoms with Gasteiger partial charge in [-0.1, -0.05) is 26.8 Å². The maximum Gasteiger partial charge on any atom is 0.223 e. The van der Waals surface area contributed by atoms with Gasteiger partial charge in [-0.25, -0.2) is 0 Å². The molecule has 3 aliphatic rings. The van der Waals surface area contributed by atoms with Crippen molar-refractivity contribution in [3.8, 4) is 22.8 Å². The summed E-state index contributed by atoms with van der Waals surface area (Å²) in [5, 5.41) is 26.1. The molecule has 2 aromatic carbocycles. The Morgan fingerprint density at radius 3 is 2.39 bits per heavy atom. The number of benzene rings is 2. The molecule has 240 valence electrons. The molecule has 2 aliphatic heterocycles. The summed E-state index contributed by atoms with van der Waals surface area (Å²) in [6.45, 7) is 7.78. The fraction of sp³-hybridized carbons (Fsp3) is 0.444. The highest BCUT2D eigenvalue weighted by Gasteiger charge is 2.37. The highest BCUT2D eigenvalue weighted by Crippen LogP contribution is 2.33. The van der Waals surface area contributed by atoms with Crippen molar-refractivity contribution < 1.29 is 19.1 Å². The van der Waals surface area contributed by atoms with E-state index in [9.17, 15) is 9.59 Å². The Morgan fingerprint density at radius 2 is 1.74 bits per heavy atom. The number of ether oxygens (including phenoxy) is 2. The zero-order chi connectivity index (χ0) is 32.4. The summed E-state index contributed by atoms with van der Waals surface area (Å²) in [6.07, 6.45) is 4.45. The fourth-order valence-electron chi connectivity index (χ4n) is 6.15. The van der Waals surface area contributed by atoms with Gasteiger partial charge in [-0.05, 0) is 86.1 Å². The van der Waals surface area contributed by atoms with E-state index in [0.29, 0.717) is 74.2 Å². The molecular weight excluding hydrogens is 580 g/mol. The number of nitrogens with zero attached hydrogens (tertiary/aromatic N) is 4. The summed E-state index contributed by atoms with van der Waals surface area (Å²) in [5.41, 5.74) is 3.90. The number of hydrogen-bond donors (Lipinski definition) is 2. The molecule has 2 saturated heterocycles. The summed E-state index contributed by atoms with van der Waals surface area (Å²) < 4.78 is 12.2. The van der Waals surface area contributed by atoms with Crippen molar-refractivity contribution in [3.63, 3.8) is 0 Å². The van der Waals surface area contributed by atoms with Crippen LogP contribution in [0.1, 0.15) is 82.0 Å². The Balaban J connectivity index is 1.20. The number of rotatable bonds is 9. The number of likely N-dealkylation sites (tertiary alicyclic amines) is 2. The molecule has 2 amide bonds. The van der Waals surface area contributed by atoms with Gasteiger partial charge in [0.1, 0.15) is 11.5 Å². The van der Waals surface area contributed by atoms with Crippen molar-refractivity contribution in [1.29, 1.82) is 10.8 Å². The van der Waals surface area contributed by atoms with Crippen molar-refractivity contribution >= 4 is 23.6 Å². The first-order valence-electron chi connectivity index (χ1n) is 16.3. The first-order valence-corrected chi connectivity index (χ1v) is 16.3. The molecule has 3 fully saturated rings. The van der Waals surface area contributed by atoms with Crippen LogP contribution >= 0.6 is 0 Å². The van der Waals surface area contributed by atoms with Gasteiger partial charge in [0.2, 0.25) is 17.7 Å². The standard InChI is InChI=1S/C36H42N6O4/c1-22(2)30-15-16-31(40-39-30)24-9-13-29(14-10-24)45-32-18-25(7-8-26(32)20-41-19-23(3)17-34(41)44)35(37)46-36(38)27-5-4-6-33(43)42(21-27)28-11-12-28/h7-10,13-16,18,22-23,27-28,37-38H,4-6,11-12,17,19-21H2,1-3H3/t23-,27?/m0/s1. The summed E-state index contributed by atoms with van der Waals surface area (Å²) >= 11 is 0. The van der Waals surface area contributed by atoms with Crippen molar-refractivity contribution in [2.45, 2.75) is 77.8 Å². The average Bonchev–Trinajstić information content (AvgIpc) is 3.85. The van der Waals surface area contributed by atoms with E-state index < -0.39 is 0 Å². The van der Waals surface area contributed by atoms with E-state index in [2.05, 4.69) is 31.0 Å². The van der Waals surface area contributed by atoms with Gasteiger partial charge in [0.05, 0.1) is 17.3 Å². The van der Waals surface area contributed by atoms with Crippen molar-refractivity contribution in [3.05, 3.63) is 71.4 Å². The van der Waals surface area contributed by atoms with Gasteiger partial charge in [0.25, 0.3) is 0 Å². The zero-order valence-electron chi connectivity index (χ0n) is 26.8. The number of nitrogens with one attached hydrogen (secondary N) is 2. The molecule has 0 spiro atoms. The second kappa shape index (κ2) is 13.4. The van der Waals surface area contributed by atoms with Gasteiger partial charge >= 0.3 is 0 Å². The molecule has 3 heterocycles. The number of hydrogen-bond acceptors (Lipinski definition) is 8. The molecule has 46 heavy (non-hydrogen) atoms. The van der Waals surface area contributed by atoms with E-state index in [1.54, 1.807) is 12.1 Å². The molecule has 1 aliphatic carbocycles. The van der Waals surface area contributed by atoms with Crippen molar-refractivity contribution in [2.75, 3.05) is 13.1 Å². The minimum absolute atomic E-state index is 0.00802. The molecule has 10 nitrogen and oxygen atoms in total. The predicted octanol–water partition coefficient (Wildman–Crippen LogP) is 6.54. The lowest BCUT2D eigenvalue weighted by molar-refractivity contribution is -0.131. The summed E-state index contributed by atoms with van der Waals surface area (Å²) in [5.74, 6) is 1.59. The summed E-state index contributed by atoms with van der Waals surface area (Å²) in [4.78, 5) is 28.9. The van der Waals surface area contributed by atoms with Gasteiger partial charge in [-0.2, -0.15) is 10.2 Å². The van der Waals surface area contributed by atoms with E-state index in [1.165, 1.54) is 0 Å². The Bertz CT molecular complexity index is 1620. The molecular formula is C36H42N6O4. The van der Waals surface area contributed by atoms with Crippen LogP contribution in [0, 0.1) is 22.7 Å². The van der Waals surface area contributed by atoms with Crippen LogP contribution in [0.3, 0.4) is 0 Å². The van der Waals surface area contributed by atoms with Gasteiger partial charge in [-0.3, -0.25) is 20.4 Å². The Labute approximate surface area is 270 Å². The first-order chi connectivity index (χ1) is 22.1. The molecule has 1 saturated carbocycles. The van der Waals surface area contributed by atoms with E-state index in [4.69, 9.17) is 20.3 Å². The molecule has 2 N–H and O–H groups in total. The normalized spacial score (nSPS) is 20.2. The van der Waals surface area contributed by atoms with Crippen LogP contribution in [0.25, 0.3) is 11.3 Å². The monoisotopic (exact) mass is 622 g/mol. The first kappa shape index (κ1) is 31.4. The van der Waals surface area contributed by atoms with Crippen LogP contribution in [0.15, 0.2) is 54.6 Å². The van der Waals surface area contributed by atoms with Gasteiger partial charge in [-0.15, -0.1) is 0 Å². The van der Waals surface area contributed by atoms with Crippen LogP contribution in [-0.4, -0.2) is 62.7 Å². The molecule has 0 radical (unpaired) electrons. The maximum absolute atomic E-state index is 12.6. The Hall–Kier alpha value is -4.60. The average molecular weight is 623 g/mol. The third kappa shape index (κ3) is 7.27. The predicted molar refractivity (Wildman–Crippen MR) is 175 cm³/mol. The van der Waals surface area contributed by atoms with Gasteiger partial charge < -0.3 is 19.3 Å². The SMILES string of the molecule is CC(C)c1ccc(-c2ccc(Oc3cc(C(=N)OC(=N)C4CCCC(=O)N(C5CC5)C4)ccc3CN3C[C@@H](C)CC3=O)cc2)nn1. The van der Waals surface area contributed by atoms with E-state index >= 15 is 0 Å². The van der Waals surface area contributed by atoms with Crippen molar-refractivity contribution in [1.82, 2.24) is 20.0 Å². The minimum Gasteiger partial charge on any atom is -0.457 e. The molecule has 3 aromatic rings. The van der Waals surface area contributed by atoms with Gasteiger partial charge in [0.15, 0.2) is 5.90 Å². The van der Waals surface area contributed by atoms with Gasteiger partial charge in [0, 0.05) is 55.2 Å². The van der Waals surface area contributed by atoms with Crippen LogP contribution in [0.5, 0.6) is 11.5 Å². The summed E-state index contributed by atoms with van der Waals surface area (Å²) in [6, 6.07) is 17.2. The Kier molecular flexibility index (Phi) is 9.15. The number of aromatic nitrogens is 2. The van der Waals surface area contributed by atoms with E-state index in [0.717, 1.165) is 35.4 Å². The molecule has 0 bridgehead atoms. The molecule has 10 heteroatoms.